The van der Waals surface area contributed by atoms with E-state index in [0.717, 1.165) is 44.9 Å². The molecule has 9 rings (SSSR count). The molecule has 0 aromatic carbocycles. The van der Waals surface area contributed by atoms with Crippen LogP contribution in [0.25, 0.3) is 0 Å². The first kappa shape index (κ1) is 46.2. The summed E-state index contributed by atoms with van der Waals surface area (Å²) in [7, 11) is 1.73. The second kappa shape index (κ2) is 17.3. The summed E-state index contributed by atoms with van der Waals surface area (Å²) in [6, 6.07) is 0. The van der Waals surface area contributed by atoms with Gasteiger partial charge in [0.25, 0.3) is 0 Å². The first-order valence-corrected chi connectivity index (χ1v) is 23.3. The molecule has 354 valence electrons. The Morgan fingerprint density at radius 1 is 0.726 bits per heavy atom. The van der Waals surface area contributed by atoms with E-state index in [1.165, 1.54) is 12.5 Å². The van der Waals surface area contributed by atoms with E-state index in [1.54, 1.807) is 7.11 Å². The molecule has 0 radical (unpaired) electrons. The normalized spacial score (nSPS) is 57.6. The third-order valence-electron chi connectivity index (χ3n) is 17.7. The molecule has 1 spiro atoms. The molecule has 17 heteroatoms. The van der Waals surface area contributed by atoms with E-state index in [9.17, 15) is 40.9 Å². The smallest absolute Gasteiger partial charge is 0.187 e. The van der Waals surface area contributed by atoms with Crippen molar-refractivity contribution in [3.63, 3.8) is 0 Å². The Labute approximate surface area is 363 Å². The number of fused-ring (bicyclic) bond motifs is 7. The second-order valence-electron chi connectivity index (χ2n) is 20.9. The van der Waals surface area contributed by atoms with Gasteiger partial charge in [0.2, 0.25) is 0 Å². The molecule has 9 aliphatic rings. The number of aliphatic hydroxyl groups excluding tert-OH is 8. The highest BCUT2D eigenvalue weighted by molar-refractivity contribution is 5.26. The third kappa shape index (κ3) is 7.49. The summed E-state index contributed by atoms with van der Waals surface area (Å²) >= 11 is 0. The topological polar surface area (TPSA) is 245 Å². The summed E-state index contributed by atoms with van der Waals surface area (Å²) in [6.07, 6.45) is -10.3. The fourth-order valence-corrected chi connectivity index (χ4v) is 14.0. The number of aliphatic hydroxyl groups is 8. The van der Waals surface area contributed by atoms with Crippen LogP contribution < -0.4 is 0 Å². The summed E-state index contributed by atoms with van der Waals surface area (Å²) in [5.41, 5.74) is 1.43. The average Bonchev–Trinajstić information content (AvgIpc) is 3.70. The Hall–Kier alpha value is -0.940. The van der Waals surface area contributed by atoms with Crippen molar-refractivity contribution in [2.75, 3.05) is 20.3 Å². The SMILES string of the molecule is COC1OC2(CCC1C)OC1CC3C4CC=C5CC(OC6OC(CO)C(O)C(OC7OCC(O)C(O)C7O)C6OC6OC(C)C(O)C(O)C6O)CCC5(C)C4CCC3(C)C1C2C. The van der Waals surface area contributed by atoms with Gasteiger partial charge in [-0.15, -0.1) is 0 Å². The fourth-order valence-electron chi connectivity index (χ4n) is 14.0. The number of methoxy groups -OCH3 is 1. The van der Waals surface area contributed by atoms with Crippen molar-refractivity contribution in [2.45, 2.75) is 203 Å². The van der Waals surface area contributed by atoms with Crippen molar-refractivity contribution in [2.24, 2.45) is 46.3 Å². The zero-order chi connectivity index (χ0) is 44.2. The minimum Gasteiger partial charge on any atom is -0.394 e. The van der Waals surface area contributed by atoms with Crippen LogP contribution in [0.3, 0.4) is 0 Å². The molecule has 5 saturated heterocycles. The van der Waals surface area contributed by atoms with Gasteiger partial charge in [-0.3, -0.25) is 0 Å². The molecule has 8 N–H and O–H groups in total. The lowest BCUT2D eigenvalue weighted by atomic mass is 9.47. The predicted molar refractivity (Wildman–Crippen MR) is 214 cm³/mol. The zero-order valence-electron chi connectivity index (χ0n) is 36.9. The van der Waals surface area contributed by atoms with Crippen LogP contribution in [0.4, 0.5) is 0 Å². The minimum absolute atomic E-state index is 0.0460. The lowest BCUT2D eigenvalue weighted by molar-refractivity contribution is -0.390. The molecule has 0 amide bonds. The van der Waals surface area contributed by atoms with E-state index in [0.29, 0.717) is 42.4 Å². The predicted octanol–water partition coefficient (Wildman–Crippen LogP) is 0.826. The molecular weight excluding hydrogens is 812 g/mol. The first-order valence-electron chi connectivity index (χ1n) is 23.3. The number of hydrogen-bond acceptors (Lipinski definition) is 17. The minimum atomic E-state index is -1.72. The van der Waals surface area contributed by atoms with Crippen molar-refractivity contribution in [1.82, 2.24) is 0 Å². The van der Waals surface area contributed by atoms with E-state index in [2.05, 4.69) is 33.8 Å². The molecule has 0 aromatic heterocycles. The van der Waals surface area contributed by atoms with E-state index in [4.69, 9.17) is 42.6 Å². The van der Waals surface area contributed by atoms with E-state index < -0.39 is 98.4 Å². The van der Waals surface area contributed by atoms with Gasteiger partial charge in [-0.2, -0.15) is 0 Å². The Kier molecular flexibility index (Phi) is 12.9. The molecule has 0 aromatic rings. The average molecular weight is 885 g/mol. The molecule has 4 aliphatic carbocycles. The molecule has 26 unspecified atom stereocenters. The number of ether oxygens (including phenoxy) is 9. The van der Waals surface area contributed by atoms with Crippen LogP contribution in [-0.4, -0.2) is 171 Å². The highest BCUT2D eigenvalue weighted by Gasteiger charge is 2.69. The highest BCUT2D eigenvalue weighted by Crippen LogP contribution is 2.71. The molecule has 5 aliphatic heterocycles. The summed E-state index contributed by atoms with van der Waals surface area (Å²) < 4.78 is 56.1. The van der Waals surface area contributed by atoms with Crippen LogP contribution in [0.5, 0.6) is 0 Å². The second-order valence-corrected chi connectivity index (χ2v) is 20.9. The monoisotopic (exact) mass is 884 g/mol. The van der Waals surface area contributed by atoms with Gasteiger partial charge in [0.1, 0.15) is 61.0 Å². The van der Waals surface area contributed by atoms with Crippen molar-refractivity contribution < 1.29 is 83.5 Å². The largest absolute Gasteiger partial charge is 0.394 e. The lowest BCUT2D eigenvalue weighted by Crippen LogP contribution is -2.66. The third-order valence-corrected chi connectivity index (χ3v) is 17.7. The number of hydrogen-bond donors (Lipinski definition) is 8. The van der Waals surface area contributed by atoms with Gasteiger partial charge >= 0.3 is 0 Å². The zero-order valence-corrected chi connectivity index (χ0v) is 36.9. The van der Waals surface area contributed by atoms with Crippen LogP contribution in [0.1, 0.15) is 92.4 Å². The standard InChI is InChI=1S/C45H72O17/c1-19-9-14-45(62-39(19)54-6)20(2)30-28(61-45)16-26-24-8-7-22-15-23(10-12-43(22,4)25(24)11-13-44(26,30)5)57-42-38(60-41-36(53)34(51)31(48)21(3)56-41)37(33(50)29(17-46)58-42)59-40-35(52)32(49)27(47)18-55-40/h7,19-21,23-42,46-53H,8-18H2,1-6H3. The fraction of sp³-hybridized carbons (Fsp3) is 0.956. The molecule has 0 bridgehead atoms. The molecule has 62 heavy (non-hydrogen) atoms. The van der Waals surface area contributed by atoms with Gasteiger partial charge < -0.3 is 83.5 Å². The van der Waals surface area contributed by atoms with Crippen molar-refractivity contribution >= 4 is 0 Å². The Morgan fingerprint density at radius 3 is 2.21 bits per heavy atom. The molecule has 17 nitrogen and oxygen atoms in total. The lowest BCUT2D eigenvalue weighted by Gasteiger charge is -2.59. The van der Waals surface area contributed by atoms with Crippen LogP contribution in [0.2, 0.25) is 0 Å². The van der Waals surface area contributed by atoms with Crippen LogP contribution in [0.15, 0.2) is 11.6 Å². The summed E-state index contributed by atoms with van der Waals surface area (Å²) in [4.78, 5) is 0. The van der Waals surface area contributed by atoms with Gasteiger partial charge in [0.15, 0.2) is 30.9 Å². The molecule has 26 atom stereocenters. The van der Waals surface area contributed by atoms with Crippen LogP contribution in [-0.2, 0) is 42.6 Å². The van der Waals surface area contributed by atoms with E-state index in [1.807, 2.05) is 0 Å². The maximum atomic E-state index is 11.5. The molecule has 5 heterocycles. The number of allylic oxidation sites excluding steroid dienone is 1. The summed E-state index contributed by atoms with van der Waals surface area (Å²) in [5.74, 6) is 1.97. The Bertz CT molecular complexity index is 1620. The Morgan fingerprint density at radius 2 is 1.47 bits per heavy atom. The quantitative estimate of drug-likeness (QED) is 0.157. The van der Waals surface area contributed by atoms with Gasteiger partial charge in [-0.25, -0.2) is 0 Å². The van der Waals surface area contributed by atoms with Crippen molar-refractivity contribution in [1.29, 1.82) is 0 Å². The van der Waals surface area contributed by atoms with Crippen molar-refractivity contribution in [3.8, 4) is 0 Å². The molecule has 8 fully saturated rings. The highest BCUT2D eigenvalue weighted by atomic mass is 16.8. The number of rotatable bonds is 8. The maximum absolute atomic E-state index is 11.5. The van der Waals surface area contributed by atoms with E-state index in [-0.39, 0.29) is 41.9 Å². The molecular formula is C45H72O17. The first-order chi connectivity index (χ1) is 29.4. The molecule has 3 saturated carbocycles. The van der Waals surface area contributed by atoms with Crippen LogP contribution in [0, 0.1) is 46.3 Å². The van der Waals surface area contributed by atoms with Crippen molar-refractivity contribution in [3.05, 3.63) is 11.6 Å². The van der Waals surface area contributed by atoms with E-state index >= 15 is 0 Å². The summed E-state index contributed by atoms with van der Waals surface area (Å²) in [6.45, 7) is 9.95. The van der Waals surface area contributed by atoms with Gasteiger partial charge in [-0.05, 0) is 92.8 Å². The summed E-state index contributed by atoms with van der Waals surface area (Å²) in [5, 5.41) is 85.2. The van der Waals surface area contributed by atoms with Gasteiger partial charge in [0, 0.05) is 25.4 Å². The van der Waals surface area contributed by atoms with Gasteiger partial charge in [0.05, 0.1) is 31.5 Å². The Balaban J connectivity index is 0.928. The van der Waals surface area contributed by atoms with Crippen LogP contribution >= 0.6 is 0 Å². The van der Waals surface area contributed by atoms with Gasteiger partial charge in [-0.1, -0.05) is 39.3 Å². The maximum Gasteiger partial charge on any atom is 0.187 e.